The second kappa shape index (κ2) is 5.85. The Hall–Kier alpha value is -1.57. The summed E-state index contributed by atoms with van der Waals surface area (Å²) in [5.74, 6) is -0.707. The van der Waals surface area contributed by atoms with Gasteiger partial charge in [0.05, 0.1) is 18.6 Å². The van der Waals surface area contributed by atoms with Gasteiger partial charge in [0.2, 0.25) is 5.91 Å². The molecule has 0 aliphatic carbocycles. The third-order valence-electron chi connectivity index (χ3n) is 3.14. The lowest BCUT2D eigenvalue weighted by Crippen LogP contribution is -2.47. The Kier molecular flexibility index (Phi) is 4.71. The van der Waals surface area contributed by atoms with Crippen LogP contribution in [0.1, 0.15) is 33.6 Å². The SMILES string of the molecule is CCOC(=O)C1CCCN(C(=O)C(C)(C)C#N)C1. The third kappa shape index (κ3) is 3.22. The molecule has 18 heavy (non-hydrogen) atoms. The molecule has 1 aliphatic heterocycles. The zero-order valence-corrected chi connectivity index (χ0v) is 11.2. The van der Waals surface area contributed by atoms with Gasteiger partial charge in [0, 0.05) is 13.1 Å². The lowest BCUT2D eigenvalue weighted by molar-refractivity contribution is -0.152. The molecule has 100 valence electrons. The molecule has 1 saturated heterocycles. The van der Waals surface area contributed by atoms with Gasteiger partial charge in [-0.1, -0.05) is 0 Å². The van der Waals surface area contributed by atoms with E-state index in [1.807, 2.05) is 6.07 Å². The van der Waals surface area contributed by atoms with Crippen LogP contribution >= 0.6 is 0 Å². The van der Waals surface area contributed by atoms with Crippen LogP contribution in [0.25, 0.3) is 0 Å². The van der Waals surface area contributed by atoms with E-state index in [1.165, 1.54) is 0 Å². The van der Waals surface area contributed by atoms with Crippen LogP contribution in [0.3, 0.4) is 0 Å². The Balaban J connectivity index is 2.68. The second-order valence-corrected chi connectivity index (χ2v) is 5.08. The largest absolute Gasteiger partial charge is 0.466 e. The first-order valence-corrected chi connectivity index (χ1v) is 6.29. The number of nitrogens with zero attached hydrogens (tertiary/aromatic N) is 2. The lowest BCUT2D eigenvalue weighted by atomic mass is 9.90. The van der Waals surface area contributed by atoms with Crippen LogP contribution in [0.2, 0.25) is 0 Å². The number of amides is 1. The van der Waals surface area contributed by atoms with Crippen molar-refractivity contribution >= 4 is 11.9 Å². The van der Waals surface area contributed by atoms with Gasteiger partial charge in [0.15, 0.2) is 0 Å². The number of likely N-dealkylation sites (tertiary alicyclic amines) is 1. The van der Waals surface area contributed by atoms with Crippen molar-refractivity contribution in [3.8, 4) is 6.07 Å². The summed E-state index contributed by atoms with van der Waals surface area (Å²) < 4.78 is 4.98. The average Bonchev–Trinajstić information content (AvgIpc) is 2.38. The summed E-state index contributed by atoms with van der Waals surface area (Å²) in [7, 11) is 0. The summed E-state index contributed by atoms with van der Waals surface area (Å²) in [4.78, 5) is 25.4. The summed E-state index contributed by atoms with van der Waals surface area (Å²) in [5.41, 5.74) is -1.03. The summed E-state index contributed by atoms with van der Waals surface area (Å²) in [6.45, 7) is 6.30. The van der Waals surface area contributed by atoms with Gasteiger partial charge in [-0.15, -0.1) is 0 Å². The van der Waals surface area contributed by atoms with E-state index < -0.39 is 5.41 Å². The van der Waals surface area contributed by atoms with Crippen LogP contribution in [0.5, 0.6) is 0 Å². The number of rotatable bonds is 3. The highest BCUT2D eigenvalue weighted by atomic mass is 16.5. The number of hydrogen-bond donors (Lipinski definition) is 0. The fourth-order valence-corrected chi connectivity index (χ4v) is 2.06. The van der Waals surface area contributed by atoms with E-state index in [0.717, 1.165) is 12.8 Å². The lowest BCUT2D eigenvalue weighted by Gasteiger charge is -2.34. The van der Waals surface area contributed by atoms with Crippen molar-refractivity contribution < 1.29 is 14.3 Å². The van der Waals surface area contributed by atoms with Crippen molar-refractivity contribution in [2.24, 2.45) is 11.3 Å². The fraction of sp³-hybridized carbons (Fsp3) is 0.769. The second-order valence-electron chi connectivity index (χ2n) is 5.08. The van der Waals surface area contributed by atoms with Crippen LogP contribution in [0.15, 0.2) is 0 Å². The van der Waals surface area contributed by atoms with Gasteiger partial charge in [-0.2, -0.15) is 5.26 Å². The highest BCUT2D eigenvalue weighted by Gasteiger charge is 2.36. The number of carbonyl (C=O) groups is 2. The number of ether oxygens (including phenoxy) is 1. The Morgan fingerprint density at radius 2 is 2.17 bits per heavy atom. The van der Waals surface area contributed by atoms with Gasteiger partial charge < -0.3 is 9.64 Å². The summed E-state index contributed by atoms with van der Waals surface area (Å²) in [5, 5.41) is 8.97. The number of esters is 1. The molecule has 5 nitrogen and oxygen atoms in total. The molecule has 0 bridgehead atoms. The number of carbonyl (C=O) groups excluding carboxylic acids is 2. The van der Waals surface area contributed by atoms with Crippen molar-refractivity contribution in [3.63, 3.8) is 0 Å². The monoisotopic (exact) mass is 252 g/mol. The molecule has 0 aromatic carbocycles. The summed E-state index contributed by atoms with van der Waals surface area (Å²) >= 11 is 0. The number of nitriles is 1. The molecule has 1 aliphatic rings. The minimum Gasteiger partial charge on any atom is -0.466 e. The zero-order chi connectivity index (χ0) is 13.8. The molecule has 0 saturated carbocycles. The van der Waals surface area contributed by atoms with Crippen LogP contribution in [0, 0.1) is 22.7 Å². The minimum absolute atomic E-state index is 0.209. The van der Waals surface area contributed by atoms with E-state index in [0.29, 0.717) is 19.7 Å². The number of piperidine rings is 1. The highest BCUT2D eigenvalue weighted by molar-refractivity contribution is 5.85. The molecule has 1 atom stereocenters. The molecular weight excluding hydrogens is 232 g/mol. The molecule has 0 radical (unpaired) electrons. The van der Waals surface area contributed by atoms with E-state index in [9.17, 15) is 9.59 Å². The van der Waals surface area contributed by atoms with Gasteiger partial charge in [0.25, 0.3) is 0 Å². The third-order valence-corrected chi connectivity index (χ3v) is 3.14. The summed E-state index contributed by atoms with van der Waals surface area (Å²) in [6, 6.07) is 2.00. The van der Waals surface area contributed by atoms with Crippen molar-refractivity contribution in [1.29, 1.82) is 5.26 Å². The van der Waals surface area contributed by atoms with Crippen molar-refractivity contribution in [2.75, 3.05) is 19.7 Å². The molecule has 0 N–H and O–H groups in total. The zero-order valence-electron chi connectivity index (χ0n) is 11.2. The van der Waals surface area contributed by atoms with Crippen LogP contribution in [0.4, 0.5) is 0 Å². The molecule has 0 spiro atoms. The minimum atomic E-state index is -1.03. The predicted molar refractivity (Wildman–Crippen MR) is 65.3 cm³/mol. The van der Waals surface area contributed by atoms with Crippen molar-refractivity contribution in [1.82, 2.24) is 4.90 Å². The van der Waals surface area contributed by atoms with Crippen LogP contribution in [-0.4, -0.2) is 36.5 Å². The van der Waals surface area contributed by atoms with Gasteiger partial charge in [-0.25, -0.2) is 0 Å². The smallest absolute Gasteiger partial charge is 0.310 e. The highest BCUT2D eigenvalue weighted by Crippen LogP contribution is 2.24. The van der Waals surface area contributed by atoms with Gasteiger partial charge in [-0.3, -0.25) is 9.59 Å². The van der Waals surface area contributed by atoms with Crippen LogP contribution in [-0.2, 0) is 14.3 Å². The molecule has 5 heteroatoms. The van der Waals surface area contributed by atoms with E-state index in [1.54, 1.807) is 25.7 Å². The molecular formula is C13H20N2O3. The molecule has 0 aromatic heterocycles. The Morgan fingerprint density at radius 3 is 2.72 bits per heavy atom. The van der Waals surface area contributed by atoms with E-state index in [4.69, 9.17) is 10.00 Å². The standard InChI is InChI=1S/C13H20N2O3/c1-4-18-11(16)10-6-5-7-15(8-10)12(17)13(2,3)9-14/h10H,4-8H2,1-3H3. The van der Waals surface area contributed by atoms with Gasteiger partial charge in [-0.05, 0) is 33.6 Å². The predicted octanol–water partition coefficient (Wildman–Crippen LogP) is 1.34. The topological polar surface area (TPSA) is 70.4 Å². The maximum absolute atomic E-state index is 12.1. The molecule has 0 aromatic rings. The molecule has 1 rings (SSSR count). The average molecular weight is 252 g/mol. The Morgan fingerprint density at radius 1 is 1.50 bits per heavy atom. The first-order valence-electron chi connectivity index (χ1n) is 6.29. The maximum Gasteiger partial charge on any atom is 0.310 e. The first kappa shape index (κ1) is 14.5. The maximum atomic E-state index is 12.1. The molecule has 1 amide bonds. The van der Waals surface area contributed by atoms with E-state index in [-0.39, 0.29) is 17.8 Å². The molecule has 1 fully saturated rings. The van der Waals surface area contributed by atoms with Gasteiger partial charge in [0.1, 0.15) is 5.41 Å². The van der Waals surface area contributed by atoms with E-state index in [2.05, 4.69) is 0 Å². The van der Waals surface area contributed by atoms with E-state index >= 15 is 0 Å². The molecule has 1 heterocycles. The number of hydrogen-bond acceptors (Lipinski definition) is 4. The Labute approximate surface area is 108 Å². The molecule has 1 unspecified atom stereocenters. The van der Waals surface area contributed by atoms with Crippen LogP contribution < -0.4 is 0 Å². The quantitative estimate of drug-likeness (QED) is 0.711. The summed E-state index contributed by atoms with van der Waals surface area (Å²) in [6.07, 6.45) is 1.52. The fourth-order valence-electron chi connectivity index (χ4n) is 2.06. The Bertz CT molecular complexity index is 371. The first-order chi connectivity index (χ1) is 8.42. The normalized spacial score (nSPS) is 20.1. The van der Waals surface area contributed by atoms with Crippen molar-refractivity contribution in [3.05, 3.63) is 0 Å². The van der Waals surface area contributed by atoms with Crippen molar-refractivity contribution in [2.45, 2.75) is 33.6 Å². The van der Waals surface area contributed by atoms with Gasteiger partial charge >= 0.3 is 5.97 Å².